The Morgan fingerprint density at radius 3 is 2.29 bits per heavy atom. The van der Waals surface area contributed by atoms with Gasteiger partial charge in [-0.2, -0.15) is 0 Å². The third-order valence-electron chi connectivity index (χ3n) is 3.73. The number of carbonyl (C=O) groups is 1. The smallest absolute Gasteiger partial charge is 0.222 e. The number of amides is 1. The molecule has 0 aromatic rings. The third kappa shape index (κ3) is 9.20. The molecule has 1 amide bonds. The maximum atomic E-state index is 12.0. The van der Waals surface area contributed by atoms with Crippen molar-refractivity contribution >= 4 is 13.7 Å². The van der Waals surface area contributed by atoms with Crippen LogP contribution in [-0.2, 0) is 28.1 Å². The fraction of sp³-hybridized carbons (Fsp3) is 0.929. The Bertz CT molecular complexity index is 503. The molecule has 0 spiro atoms. The first-order valence-corrected chi connectivity index (χ1v) is 10.0. The first-order valence-electron chi connectivity index (χ1n) is 8.58. The van der Waals surface area contributed by atoms with Crippen LogP contribution >= 0.6 is 7.82 Å². The topological polar surface area (TPSA) is 210 Å². The molecule has 0 aromatic carbocycles. The molecular formula is C14H26NO12P-2. The van der Waals surface area contributed by atoms with E-state index < -0.39 is 51.0 Å². The van der Waals surface area contributed by atoms with Gasteiger partial charge in [0.1, 0.15) is 24.4 Å². The Morgan fingerprint density at radius 2 is 1.71 bits per heavy atom. The lowest BCUT2D eigenvalue weighted by Crippen LogP contribution is -2.64. The molecule has 5 atom stereocenters. The Kier molecular flexibility index (Phi) is 11.6. The molecule has 1 aliphatic rings. The van der Waals surface area contributed by atoms with E-state index in [0.29, 0.717) is 13.0 Å². The van der Waals surface area contributed by atoms with E-state index >= 15 is 0 Å². The molecular weight excluding hydrogens is 405 g/mol. The standard InChI is InChI=1S/C14H28NO12P/c16-3-1-4-24-6-7-25-5-2-10(18)15-11-13(20)12(19)9(8-17)26-14(11)27-28(21,22)23/h9,11-14,16-17,19-20H,1-8H2,(H,15,18)(H2,21,22,23)/p-2/t9?,11?,12-,13+,14+/m0/s1. The van der Waals surface area contributed by atoms with Gasteiger partial charge in [-0.25, -0.2) is 0 Å². The second kappa shape index (κ2) is 12.8. The van der Waals surface area contributed by atoms with E-state index in [-0.39, 0.29) is 32.8 Å². The van der Waals surface area contributed by atoms with Gasteiger partial charge in [-0.15, -0.1) is 0 Å². The summed E-state index contributed by atoms with van der Waals surface area (Å²) >= 11 is 0. The Labute approximate surface area is 161 Å². The van der Waals surface area contributed by atoms with Crippen LogP contribution in [0.4, 0.5) is 0 Å². The molecule has 13 nitrogen and oxygen atoms in total. The Hall–Kier alpha value is -0.700. The zero-order valence-electron chi connectivity index (χ0n) is 15.0. The highest BCUT2D eigenvalue weighted by atomic mass is 31.2. The van der Waals surface area contributed by atoms with Crippen LogP contribution in [0.2, 0.25) is 0 Å². The number of hydrogen-bond acceptors (Lipinski definition) is 12. The monoisotopic (exact) mass is 431 g/mol. The minimum Gasteiger partial charge on any atom is -0.790 e. The quantitative estimate of drug-likeness (QED) is 0.138. The lowest BCUT2D eigenvalue weighted by molar-refractivity contribution is -0.362. The average Bonchev–Trinajstić information content (AvgIpc) is 2.62. The van der Waals surface area contributed by atoms with Gasteiger partial charge in [-0.3, -0.25) is 4.79 Å². The lowest BCUT2D eigenvalue weighted by Gasteiger charge is -2.45. The first kappa shape index (κ1) is 25.3. The van der Waals surface area contributed by atoms with Crippen molar-refractivity contribution in [3.63, 3.8) is 0 Å². The number of aliphatic hydroxyl groups is 4. The van der Waals surface area contributed by atoms with Gasteiger partial charge in [0.15, 0.2) is 6.29 Å². The van der Waals surface area contributed by atoms with Crippen LogP contribution in [0, 0.1) is 0 Å². The zero-order valence-corrected chi connectivity index (χ0v) is 15.9. The van der Waals surface area contributed by atoms with Gasteiger partial charge in [0, 0.05) is 19.6 Å². The molecule has 1 heterocycles. The molecule has 1 saturated heterocycles. The third-order valence-corrected chi connectivity index (χ3v) is 4.20. The first-order chi connectivity index (χ1) is 13.2. The maximum absolute atomic E-state index is 12.0. The van der Waals surface area contributed by atoms with Crippen LogP contribution in [0.3, 0.4) is 0 Å². The second-order valence-corrected chi connectivity index (χ2v) is 7.01. The van der Waals surface area contributed by atoms with E-state index in [2.05, 4.69) is 9.84 Å². The van der Waals surface area contributed by atoms with Gasteiger partial charge in [0.25, 0.3) is 0 Å². The molecule has 0 radical (unpaired) electrons. The van der Waals surface area contributed by atoms with Crippen LogP contribution in [0.1, 0.15) is 12.8 Å². The summed E-state index contributed by atoms with van der Waals surface area (Å²) in [6.07, 6.45) is -6.42. The largest absolute Gasteiger partial charge is 0.790 e. The van der Waals surface area contributed by atoms with Gasteiger partial charge in [-0.1, -0.05) is 0 Å². The summed E-state index contributed by atoms with van der Waals surface area (Å²) in [5, 5.41) is 39.8. The lowest BCUT2D eigenvalue weighted by atomic mass is 9.97. The molecule has 14 heteroatoms. The summed E-state index contributed by atoms with van der Waals surface area (Å²) in [7, 11) is -5.55. The number of carbonyl (C=O) groups excluding carboxylic acids is 1. The average molecular weight is 431 g/mol. The molecule has 0 aliphatic carbocycles. The van der Waals surface area contributed by atoms with Crippen molar-refractivity contribution < 1.29 is 58.3 Å². The molecule has 0 bridgehead atoms. The fourth-order valence-corrected chi connectivity index (χ4v) is 2.80. The van der Waals surface area contributed by atoms with E-state index in [9.17, 15) is 29.4 Å². The summed E-state index contributed by atoms with van der Waals surface area (Å²) < 4.78 is 30.3. The van der Waals surface area contributed by atoms with Crippen LogP contribution < -0.4 is 15.1 Å². The van der Waals surface area contributed by atoms with Gasteiger partial charge in [0.2, 0.25) is 5.91 Å². The van der Waals surface area contributed by atoms with Crippen LogP contribution in [0.25, 0.3) is 0 Å². The Balaban J connectivity index is 2.48. The van der Waals surface area contributed by atoms with Gasteiger partial charge >= 0.3 is 0 Å². The summed E-state index contributed by atoms with van der Waals surface area (Å²) in [6, 6.07) is -1.57. The number of phosphoric acid groups is 1. The number of nitrogens with one attached hydrogen (secondary N) is 1. The number of rotatable bonds is 13. The van der Waals surface area contributed by atoms with Crippen molar-refractivity contribution in [3.8, 4) is 0 Å². The number of hydrogen-bond donors (Lipinski definition) is 5. The molecule has 1 rings (SSSR count). The van der Waals surface area contributed by atoms with Crippen molar-refractivity contribution in [1.29, 1.82) is 0 Å². The van der Waals surface area contributed by atoms with Gasteiger partial charge < -0.3 is 58.8 Å². The highest BCUT2D eigenvalue weighted by Gasteiger charge is 2.45. The van der Waals surface area contributed by atoms with Gasteiger partial charge in [0.05, 0.1) is 34.3 Å². The van der Waals surface area contributed by atoms with Crippen molar-refractivity contribution in [1.82, 2.24) is 5.32 Å². The maximum Gasteiger partial charge on any atom is 0.222 e. The molecule has 5 N–H and O–H groups in total. The van der Waals surface area contributed by atoms with Crippen molar-refractivity contribution in [3.05, 3.63) is 0 Å². The normalized spacial score (nSPS) is 28.3. The number of phosphoric ester groups is 1. The fourth-order valence-electron chi connectivity index (χ4n) is 2.36. The minimum atomic E-state index is -5.55. The van der Waals surface area contributed by atoms with E-state index in [0.717, 1.165) is 0 Å². The van der Waals surface area contributed by atoms with Crippen molar-refractivity contribution in [2.75, 3.05) is 39.6 Å². The Morgan fingerprint density at radius 1 is 1.07 bits per heavy atom. The SMILES string of the molecule is O=C(CCOCCOCCCO)NC1[C@@H](OP(=O)([O-])[O-])OC(CO)[C@H](O)[C@@H]1O. The molecule has 1 aliphatic heterocycles. The summed E-state index contributed by atoms with van der Waals surface area (Å²) in [5.41, 5.74) is 0. The molecule has 0 aromatic heterocycles. The highest BCUT2D eigenvalue weighted by molar-refractivity contribution is 7.43. The predicted molar refractivity (Wildman–Crippen MR) is 86.3 cm³/mol. The van der Waals surface area contributed by atoms with Crippen LogP contribution in [0.15, 0.2) is 0 Å². The van der Waals surface area contributed by atoms with Gasteiger partial charge in [-0.05, 0) is 6.42 Å². The number of aliphatic hydroxyl groups excluding tert-OH is 4. The predicted octanol–water partition coefficient (Wildman–Crippen LogP) is -4.44. The van der Waals surface area contributed by atoms with E-state index in [4.69, 9.17) is 24.4 Å². The zero-order chi connectivity index (χ0) is 21.2. The minimum absolute atomic E-state index is 0.0182. The summed E-state index contributed by atoms with van der Waals surface area (Å²) in [5.74, 6) is -0.691. The summed E-state index contributed by atoms with van der Waals surface area (Å²) in [4.78, 5) is 33.7. The highest BCUT2D eigenvalue weighted by Crippen LogP contribution is 2.33. The molecule has 1 fully saturated rings. The van der Waals surface area contributed by atoms with Crippen LogP contribution in [0.5, 0.6) is 0 Å². The van der Waals surface area contributed by atoms with Crippen molar-refractivity contribution in [2.45, 2.75) is 43.5 Å². The van der Waals surface area contributed by atoms with E-state index in [1.54, 1.807) is 0 Å². The summed E-state index contributed by atoms with van der Waals surface area (Å²) in [6.45, 7) is 0.0602. The molecule has 166 valence electrons. The number of ether oxygens (including phenoxy) is 3. The molecule has 2 unspecified atom stereocenters. The second-order valence-electron chi connectivity index (χ2n) is 5.90. The van der Waals surface area contributed by atoms with Crippen LogP contribution in [-0.4, -0.2) is 96.6 Å². The molecule has 28 heavy (non-hydrogen) atoms. The van der Waals surface area contributed by atoms with Crippen molar-refractivity contribution in [2.24, 2.45) is 0 Å². The van der Waals surface area contributed by atoms with E-state index in [1.165, 1.54) is 0 Å². The molecule has 0 saturated carbocycles. The van der Waals surface area contributed by atoms with E-state index in [1.807, 2.05) is 0 Å².